The van der Waals surface area contributed by atoms with Crippen molar-refractivity contribution in [2.45, 2.75) is 6.92 Å². The van der Waals surface area contributed by atoms with Gasteiger partial charge in [-0.1, -0.05) is 18.2 Å². The van der Waals surface area contributed by atoms with E-state index in [4.69, 9.17) is 19.4 Å². The number of aromatic nitrogens is 2. The lowest BCUT2D eigenvalue weighted by Crippen LogP contribution is -2.47. The third-order valence-electron chi connectivity index (χ3n) is 6.39. The van der Waals surface area contributed by atoms with Gasteiger partial charge in [-0.25, -0.2) is 0 Å². The molecule has 0 saturated carbocycles. The summed E-state index contributed by atoms with van der Waals surface area (Å²) >= 11 is 0. The van der Waals surface area contributed by atoms with Crippen molar-refractivity contribution in [3.05, 3.63) is 35.9 Å². The maximum atomic E-state index is 5.58. The fourth-order valence-electron chi connectivity index (χ4n) is 4.59. The van der Waals surface area contributed by atoms with Gasteiger partial charge in [0.25, 0.3) is 0 Å². The van der Waals surface area contributed by atoms with Crippen LogP contribution in [-0.2, 0) is 9.47 Å². The average Bonchev–Trinajstić information content (AvgIpc) is 2.86. The van der Waals surface area contributed by atoms with Gasteiger partial charge >= 0.3 is 0 Å². The SMILES string of the molecule is Cc1c(N2CCOCC2)nc(N2CCOCC2)nc1N1CCN(c2ccccc2)CC1. The second kappa shape index (κ2) is 9.28. The largest absolute Gasteiger partial charge is 0.378 e. The first-order valence-electron chi connectivity index (χ1n) is 11.4. The summed E-state index contributed by atoms with van der Waals surface area (Å²) in [5, 5.41) is 0. The van der Waals surface area contributed by atoms with E-state index in [1.165, 1.54) is 11.3 Å². The minimum Gasteiger partial charge on any atom is -0.378 e. The minimum absolute atomic E-state index is 0.731. The lowest BCUT2D eigenvalue weighted by molar-refractivity contribution is 0.121. The van der Waals surface area contributed by atoms with Crippen molar-refractivity contribution >= 4 is 23.3 Å². The third kappa shape index (κ3) is 4.41. The van der Waals surface area contributed by atoms with Gasteiger partial charge in [-0.15, -0.1) is 0 Å². The van der Waals surface area contributed by atoms with Gasteiger partial charge in [0.05, 0.1) is 26.4 Å². The highest BCUT2D eigenvalue weighted by Crippen LogP contribution is 2.31. The minimum atomic E-state index is 0.731. The van der Waals surface area contributed by atoms with Crippen molar-refractivity contribution < 1.29 is 9.47 Å². The smallest absolute Gasteiger partial charge is 0.229 e. The van der Waals surface area contributed by atoms with Crippen LogP contribution in [0.15, 0.2) is 30.3 Å². The summed E-state index contributed by atoms with van der Waals surface area (Å²) in [6.07, 6.45) is 0. The van der Waals surface area contributed by atoms with Crippen molar-refractivity contribution in [3.63, 3.8) is 0 Å². The summed E-state index contributed by atoms with van der Waals surface area (Å²) in [7, 11) is 0. The molecule has 0 aliphatic carbocycles. The van der Waals surface area contributed by atoms with Crippen LogP contribution in [0.5, 0.6) is 0 Å². The van der Waals surface area contributed by atoms with Gasteiger partial charge < -0.3 is 29.1 Å². The van der Waals surface area contributed by atoms with Crippen molar-refractivity contribution in [1.29, 1.82) is 0 Å². The number of para-hydroxylation sites is 1. The fourth-order valence-corrected chi connectivity index (χ4v) is 4.59. The summed E-state index contributed by atoms with van der Waals surface area (Å²) < 4.78 is 11.1. The quantitative estimate of drug-likeness (QED) is 0.736. The summed E-state index contributed by atoms with van der Waals surface area (Å²) in [6, 6.07) is 10.7. The molecule has 5 rings (SSSR count). The lowest BCUT2D eigenvalue weighted by Gasteiger charge is -2.39. The molecule has 4 heterocycles. The molecule has 1 aromatic carbocycles. The average molecular weight is 425 g/mol. The predicted molar refractivity (Wildman–Crippen MR) is 124 cm³/mol. The topological polar surface area (TPSA) is 57.2 Å². The number of piperazine rings is 1. The highest BCUT2D eigenvalue weighted by Gasteiger charge is 2.26. The van der Waals surface area contributed by atoms with Gasteiger partial charge in [0.15, 0.2) is 0 Å². The Bertz CT molecular complexity index is 860. The first-order valence-corrected chi connectivity index (χ1v) is 11.4. The zero-order valence-corrected chi connectivity index (χ0v) is 18.4. The zero-order chi connectivity index (χ0) is 21.0. The Kier molecular flexibility index (Phi) is 6.08. The van der Waals surface area contributed by atoms with Gasteiger partial charge in [0, 0.05) is 63.6 Å². The number of benzene rings is 1. The zero-order valence-electron chi connectivity index (χ0n) is 18.4. The number of ether oxygens (including phenoxy) is 2. The number of hydrogen-bond donors (Lipinski definition) is 0. The summed E-state index contributed by atoms with van der Waals surface area (Å²) in [5.74, 6) is 2.96. The third-order valence-corrected chi connectivity index (χ3v) is 6.39. The van der Waals surface area contributed by atoms with Crippen molar-refractivity contribution in [2.24, 2.45) is 0 Å². The van der Waals surface area contributed by atoms with Crippen LogP contribution in [0.4, 0.5) is 23.3 Å². The molecule has 2 aromatic rings. The van der Waals surface area contributed by atoms with Gasteiger partial charge in [-0.2, -0.15) is 9.97 Å². The molecule has 0 bridgehead atoms. The van der Waals surface area contributed by atoms with Crippen molar-refractivity contribution in [3.8, 4) is 0 Å². The summed E-state index contributed by atoms with van der Waals surface area (Å²) in [4.78, 5) is 19.6. The summed E-state index contributed by atoms with van der Waals surface area (Å²) in [5.41, 5.74) is 2.47. The Morgan fingerprint density at radius 2 is 1.10 bits per heavy atom. The molecule has 0 spiro atoms. The van der Waals surface area contributed by atoms with Gasteiger partial charge in [-0.05, 0) is 19.1 Å². The molecule has 8 nitrogen and oxygen atoms in total. The Morgan fingerprint density at radius 1 is 0.613 bits per heavy atom. The van der Waals surface area contributed by atoms with E-state index in [9.17, 15) is 0 Å². The molecular weight excluding hydrogens is 392 g/mol. The number of anilines is 4. The molecule has 8 heteroatoms. The van der Waals surface area contributed by atoms with Crippen LogP contribution in [-0.4, -0.2) is 88.8 Å². The van der Waals surface area contributed by atoms with Crippen LogP contribution in [0, 0.1) is 6.92 Å². The molecule has 0 atom stereocenters. The van der Waals surface area contributed by atoms with Crippen LogP contribution < -0.4 is 19.6 Å². The molecule has 0 amide bonds. The molecule has 0 unspecified atom stereocenters. The second-order valence-corrected chi connectivity index (χ2v) is 8.30. The maximum Gasteiger partial charge on any atom is 0.229 e. The van der Waals surface area contributed by atoms with Gasteiger partial charge in [0.2, 0.25) is 5.95 Å². The van der Waals surface area contributed by atoms with E-state index < -0.39 is 0 Å². The molecule has 3 saturated heterocycles. The predicted octanol–water partition coefficient (Wildman–Crippen LogP) is 1.78. The van der Waals surface area contributed by atoms with Gasteiger partial charge in [0.1, 0.15) is 11.6 Å². The maximum absolute atomic E-state index is 5.58. The van der Waals surface area contributed by atoms with Crippen LogP contribution in [0.2, 0.25) is 0 Å². The Balaban J connectivity index is 1.41. The molecular formula is C23H32N6O2. The highest BCUT2D eigenvalue weighted by molar-refractivity contribution is 5.64. The number of rotatable bonds is 4. The molecule has 3 aliphatic heterocycles. The Labute approximate surface area is 184 Å². The number of nitrogens with zero attached hydrogens (tertiary/aromatic N) is 6. The van der Waals surface area contributed by atoms with Gasteiger partial charge in [-0.3, -0.25) is 0 Å². The van der Waals surface area contributed by atoms with Crippen LogP contribution in [0.3, 0.4) is 0 Å². The lowest BCUT2D eigenvalue weighted by atomic mass is 10.2. The molecule has 0 N–H and O–H groups in total. The van der Waals surface area contributed by atoms with Crippen molar-refractivity contribution in [1.82, 2.24) is 9.97 Å². The molecule has 0 radical (unpaired) electrons. The molecule has 166 valence electrons. The number of hydrogen-bond acceptors (Lipinski definition) is 8. The Morgan fingerprint density at radius 3 is 1.68 bits per heavy atom. The standard InChI is InChI=1S/C23H32N6O2/c1-19-21(27-9-7-26(8-10-27)20-5-3-2-4-6-20)24-23(29-13-17-31-18-14-29)25-22(19)28-11-15-30-16-12-28/h2-6H,7-18H2,1H3. The molecule has 1 aromatic heterocycles. The monoisotopic (exact) mass is 424 g/mol. The van der Waals surface area contributed by atoms with Crippen LogP contribution in [0.1, 0.15) is 5.56 Å². The van der Waals surface area contributed by atoms with E-state index in [0.717, 1.165) is 96.4 Å². The van der Waals surface area contributed by atoms with Crippen LogP contribution in [0.25, 0.3) is 0 Å². The van der Waals surface area contributed by atoms with Crippen LogP contribution >= 0.6 is 0 Å². The van der Waals surface area contributed by atoms with E-state index in [1.54, 1.807) is 0 Å². The molecule has 3 aliphatic rings. The molecule has 31 heavy (non-hydrogen) atoms. The van der Waals surface area contributed by atoms with E-state index in [-0.39, 0.29) is 0 Å². The molecule has 3 fully saturated rings. The number of morpholine rings is 2. The van der Waals surface area contributed by atoms with E-state index >= 15 is 0 Å². The van der Waals surface area contributed by atoms with Crippen molar-refractivity contribution in [2.75, 3.05) is 98.4 Å². The summed E-state index contributed by atoms with van der Waals surface area (Å²) in [6.45, 7) is 12.5. The second-order valence-electron chi connectivity index (χ2n) is 8.30. The normalized spacial score (nSPS) is 20.3. The first-order chi connectivity index (χ1) is 15.3. The van der Waals surface area contributed by atoms with E-state index in [1.807, 2.05) is 0 Å². The Hall–Kier alpha value is -2.58. The first kappa shape index (κ1) is 20.3. The van der Waals surface area contributed by atoms with E-state index in [2.05, 4.69) is 56.9 Å². The highest BCUT2D eigenvalue weighted by atomic mass is 16.5. The fraction of sp³-hybridized carbons (Fsp3) is 0.565. The van der Waals surface area contributed by atoms with E-state index in [0.29, 0.717) is 0 Å².